The van der Waals surface area contributed by atoms with Crippen molar-refractivity contribution < 1.29 is 33.4 Å². The third-order valence-corrected chi connectivity index (χ3v) is 5.78. The Hall–Kier alpha value is -3.93. The molecule has 1 aliphatic carbocycles. The quantitative estimate of drug-likeness (QED) is 0.376. The van der Waals surface area contributed by atoms with Crippen LogP contribution >= 0.6 is 12.2 Å². The van der Waals surface area contributed by atoms with Crippen molar-refractivity contribution in [2.24, 2.45) is 11.7 Å². The second-order valence-corrected chi connectivity index (χ2v) is 8.02. The SMILES string of the molecule is CCOC(=O)c1ccc(N2C(=O)C(CC(N)=O)N(NC(=O)C3C=C(OC)C=C(OC)C3)C2=S)cc1. The van der Waals surface area contributed by atoms with Crippen molar-refractivity contribution in [1.29, 1.82) is 0 Å². The predicted octanol–water partition coefficient (Wildman–Crippen LogP) is 1.15. The van der Waals surface area contributed by atoms with Crippen molar-refractivity contribution in [2.75, 3.05) is 25.7 Å². The van der Waals surface area contributed by atoms with Crippen LogP contribution < -0.4 is 16.1 Å². The van der Waals surface area contributed by atoms with E-state index in [1.54, 1.807) is 19.1 Å². The van der Waals surface area contributed by atoms with Crippen LogP contribution in [0.1, 0.15) is 30.1 Å². The molecule has 3 rings (SSSR count). The van der Waals surface area contributed by atoms with Crippen LogP contribution in [0.3, 0.4) is 0 Å². The first kappa shape index (κ1) is 25.7. The summed E-state index contributed by atoms with van der Waals surface area (Å²) in [7, 11) is 2.96. The first-order chi connectivity index (χ1) is 16.7. The van der Waals surface area contributed by atoms with E-state index >= 15 is 0 Å². The number of nitrogens with two attached hydrogens (primary N) is 1. The number of thiocarbonyl (C=S) groups is 1. The maximum atomic E-state index is 13.2. The molecule has 1 aliphatic heterocycles. The molecule has 2 atom stereocenters. The van der Waals surface area contributed by atoms with E-state index in [0.717, 1.165) is 5.01 Å². The van der Waals surface area contributed by atoms with Crippen LogP contribution in [0.5, 0.6) is 0 Å². The van der Waals surface area contributed by atoms with E-state index in [2.05, 4.69) is 5.43 Å². The minimum atomic E-state index is -1.14. The number of allylic oxidation sites excluding steroid dienone is 2. The molecule has 35 heavy (non-hydrogen) atoms. The number of anilines is 1. The highest BCUT2D eigenvalue weighted by Crippen LogP contribution is 2.28. The van der Waals surface area contributed by atoms with Gasteiger partial charge in [-0.2, -0.15) is 0 Å². The smallest absolute Gasteiger partial charge is 0.338 e. The Balaban J connectivity index is 1.85. The second-order valence-electron chi connectivity index (χ2n) is 7.65. The molecule has 12 heteroatoms. The maximum Gasteiger partial charge on any atom is 0.338 e. The lowest BCUT2D eigenvalue weighted by atomic mass is 9.97. The molecule has 2 unspecified atom stereocenters. The number of rotatable bonds is 9. The minimum Gasteiger partial charge on any atom is -0.501 e. The van der Waals surface area contributed by atoms with Crippen molar-refractivity contribution in [1.82, 2.24) is 10.4 Å². The van der Waals surface area contributed by atoms with Gasteiger partial charge in [-0.3, -0.25) is 24.7 Å². The molecule has 1 aromatic carbocycles. The molecule has 186 valence electrons. The van der Waals surface area contributed by atoms with E-state index in [9.17, 15) is 19.2 Å². The lowest BCUT2D eigenvalue weighted by Gasteiger charge is -2.27. The summed E-state index contributed by atoms with van der Waals surface area (Å²) < 4.78 is 15.5. The van der Waals surface area contributed by atoms with E-state index < -0.39 is 35.7 Å². The number of primary amides is 1. The lowest BCUT2D eigenvalue weighted by molar-refractivity contribution is -0.131. The fourth-order valence-electron chi connectivity index (χ4n) is 3.67. The highest BCUT2D eigenvalue weighted by Gasteiger charge is 2.45. The number of hydrogen-bond acceptors (Lipinski definition) is 8. The standard InChI is InChI=1S/C23H26N4O7S/c1-4-34-22(31)13-5-7-15(8-6-13)26-21(30)18(12-19(24)28)27(23(26)35)25-20(29)14-9-16(32-2)11-17(10-14)33-3/h5-9,11,14,18H,4,10,12H2,1-3H3,(H2,24,28)(H,25,29). The number of carbonyl (C=O) groups excluding carboxylic acids is 4. The zero-order valence-corrected chi connectivity index (χ0v) is 20.3. The zero-order valence-electron chi connectivity index (χ0n) is 19.5. The van der Waals surface area contributed by atoms with E-state index in [-0.39, 0.29) is 24.6 Å². The highest BCUT2D eigenvalue weighted by atomic mass is 32.1. The van der Waals surface area contributed by atoms with Gasteiger partial charge in [0.15, 0.2) is 0 Å². The van der Waals surface area contributed by atoms with Gasteiger partial charge in [-0.05, 0) is 49.5 Å². The fraction of sp³-hybridized carbons (Fsp3) is 0.348. The van der Waals surface area contributed by atoms with E-state index in [0.29, 0.717) is 22.8 Å². The van der Waals surface area contributed by atoms with Gasteiger partial charge in [0.2, 0.25) is 16.9 Å². The summed E-state index contributed by atoms with van der Waals surface area (Å²) in [6, 6.07) is 4.89. The molecule has 1 aromatic rings. The van der Waals surface area contributed by atoms with Gasteiger partial charge in [0.05, 0.1) is 44.4 Å². The van der Waals surface area contributed by atoms with E-state index in [4.69, 9.17) is 32.2 Å². The number of hydrazine groups is 1. The fourth-order valence-corrected chi connectivity index (χ4v) is 4.04. The Labute approximate surface area is 207 Å². The Morgan fingerprint density at radius 1 is 1.17 bits per heavy atom. The molecule has 3 amide bonds. The predicted molar refractivity (Wildman–Crippen MR) is 128 cm³/mol. The van der Waals surface area contributed by atoms with Crippen LogP contribution in [0.2, 0.25) is 0 Å². The molecule has 0 bridgehead atoms. The van der Waals surface area contributed by atoms with Gasteiger partial charge in [0.1, 0.15) is 17.6 Å². The number of methoxy groups -OCH3 is 2. The largest absolute Gasteiger partial charge is 0.501 e. The molecule has 0 radical (unpaired) electrons. The van der Waals surface area contributed by atoms with Crippen LogP contribution in [0.4, 0.5) is 5.69 Å². The van der Waals surface area contributed by atoms with E-state index in [1.807, 2.05) is 0 Å². The van der Waals surface area contributed by atoms with Crippen molar-refractivity contribution >= 4 is 46.7 Å². The summed E-state index contributed by atoms with van der Waals surface area (Å²) >= 11 is 5.49. The summed E-state index contributed by atoms with van der Waals surface area (Å²) in [4.78, 5) is 51.1. The van der Waals surface area contributed by atoms with Gasteiger partial charge in [-0.15, -0.1) is 0 Å². The first-order valence-corrected chi connectivity index (χ1v) is 11.1. The number of carbonyl (C=O) groups is 4. The minimum absolute atomic E-state index is 0.0484. The molecule has 0 aromatic heterocycles. The summed E-state index contributed by atoms with van der Waals surface area (Å²) in [6.07, 6.45) is 3.19. The average Bonchev–Trinajstić information content (AvgIpc) is 3.07. The second kappa shape index (κ2) is 11.0. The van der Waals surface area contributed by atoms with Crippen LogP contribution in [0.15, 0.2) is 47.9 Å². The number of nitrogens with zero attached hydrogens (tertiary/aromatic N) is 2. The Bertz CT molecular complexity index is 1100. The Morgan fingerprint density at radius 3 is 2.43 bits per heavy atom. The Morgan fingerprint density at radius 2 is 1.86 bits per heavy atom. The van der Waals surface area contributed by atoms with Gasteiger partial charge in [-0.25, -0.2) is 9.80 Å². The molecule has 2 aliphatic rings. The summed E-state index contributed by atoms with van der Waals surface area (Å²) in [6.45, 7) is 1.92. The monoisotopic (exact) mass is 502 g/mol. The van der Waals surface area contributed by atoms with Gasteiger partial charge < -0.3 is 19.9 Å². The number of esters is 1. The molecule has 1 heterocycles. The van der Waals surface area contributed by atoms with Crippen LogP contribution in [0.25, 0.3) is 0 Å². The van der Waals surface area contributed by atoms with Gasteiger partial charge in [0, 0.05) is 12.5 Å². The highest BCUT2D eigenvalue weighted by molar-refractivity contribution is 7.80. The molecule has 3 N–H and O–H groups in total. The molecule has 0 saturated carbocycles. The topological polar surface area (TPSA) is 140 Å². The summed E-state index contributed by atoms with van der Waals surface area (Å²) in [5, 5.41) is 1.11. The van der Waals surface area contributed by atoms with Gasteiger partial charge in [0.25, 0.3) is 5.91 Å². The van der Waals surface area contributed by atoms with Crippen molar-refractivity contribution in [3.05, 3.63) is 53.5 Å². The van der Waals surface area contributed by atoms with Gasteiger partial charge in [-0.1, -0.05) is 0 Å². The number of hydrogen-bond donors (Lipinski definition) is 2. The lowest BCUT2D eigenvalue weighted by Crippen LogP contribution is -2.51. The van der Waals surface area contributed by atoms with Crippen molar-refractivity contribution in [2.45, 2.75) is 25.8 Å². The molecule has 1 fully saturated rings. The van der Waals surface area contributed by atoms with Crippen molar-refractivity contribution in [3.8, 4) is 0 Å². The molecular weight excluding hydrogens is 476 g/mol. The van der Waals surface area contributed by atoms with Crippen LogP contribution in [0, 0.1) is 5.92 Å². The summed E-state index contributed by atoms with van der Waals surface area (Å²) in [5.74, 6) is -1.95. The normalized spacial score (nSPS) is 19.6. The number of nitrogens with one attached hydrogen (secondary N) is 1. The molecule has 0 spiro atoms. The molecule has 1 saturated heterocycles. The van der Waals surface area contributed by atoms with E-state index in [1.165, 1.54) is 43.4 Å². The van der Waals surface area contributed by atoms with Crippen molar-refractivity contribution in [3.63, 3.8) is 0 Å². The Kier molecular flexibility index (Phi) is 8.07. The number of benzene rings is 1. The third kappa shape index (κ3) is 5.60. The molecule has 11 nitrogen and oxygen atoms in total. The summed E-state index contributed by atoms with van der Waals surface area (Å²) in [5.41, 5.74) is 8.65. The maximum absolute atomic E-state index is 13.2. The number of ether oxygens (including phenoxy) is 3. The first-order valence-electron chi connectivity index (χ1n) is 10.7. The third-order valence-electron chi connectivity index (χ3n) is 5.40. The molecular formula is C23H26N4O7S. The number of amides is 3. The zero-order chi connectivity index (χ0) is 25.7. The average molecular weight is 503 g/mol. The van der Waals surface area contributed by atoms with Gasteiger partial charge >= 0.3 is 5.97 Å². The van der Waals surface area contributed by atoms with Crippen LogP contribution in [-0.4, -0.2) is 60.7 Å². The van der Waals surface area contributed by atoms with Crippen LogP contribution in [-0.2, 0) is 28.6 Å².